The molecule has 2 aromatic rings. The summed E-state index contributed by atoms with van der Waals surface area (Å²) < 4.78 is 1.91. The fraction of sp³-hybridized carbons (Fsp3) is 0.583. The molecule has 5 nitrogen and oxygen atoms in total. The Bertz CT molecular complexity index is 509. The number of hydrogen-bond donors (Lipinski definition) is 1. The monoisotopic (exact) mass is 265 g/mol. The Morgan fingerprint density at radius 3 is 2.67 bits per heavy atom. The van der Waals surface area contributed by atoms with Crippen LogP contribution in [0.4, 0.5) is 0 Å². The highest BCUT2D eigenvalue weighted by molar-refractivity contribution is 7.09. The summed E-state index contributed by atoms with van der Waals surface area (Å²) >= 11 is 1.70. The van der Waals surface area contributed by atoms with Crippen molar-refractivity contribution in [3.8, 4) is 0 Å². The summed E-state index contributed by atoms with van der Waals surface area (Å²) in [6, 6.07) is 0. The summed E-state index contributed by atoms with van der Waals surface area (Å²) in [7, 11) is 1.94. The first-order valence-corrected chi connectivity index (χ1v) is 6.83. The van der Waals surface area contributed by atoms with Crippen molar-refractivity contribution in [1.29, 1.82) is 0 Å². The van der Waals surface area contributed by atoms with Gasteiger partial charge < -0.3 is 9.88 Å². The van der Waals surface area contributed by atoms with Gasteiger partial charge in [0.2, 0.25) is 0 Å². The Morgan fingerprint density at radius 2 is 2.11 bits per heavy atom. The molecule has 0 aliphatic heterocycles. The van der Waals surface area contributed by atoms with Crippen molar-refractivity contribution < 1.29 is 0 Å². The molecule has 0 spiro atoms. The molecule has 0 atom stereocenters. The molecular formula is C12H19N5S. The summed E-state index contributed by atoms with van der Waals surface area (Å²) in [6.07, 6.45) is 1.71. The third-order valence-corrected chi connectivity index (χ3v) is 3.53. The molecule has 6 heteroatoms. The molecule has 0 saturated carbocycles. The molecule has 98 valence electrons. The number of aromatic nitrogens is 4. The number of nitrogens with zero attached hydrogens (tertiary/aromatic N) is 4. The number of aryl methyl sites for hydroxylation is 1. The molecule has 0 radical (unpaired) electrons. The van der Waals surface area contributed by atoms with E-state index in [1.54, 1.807) is 17.7 Å². The van der Waals surface area contributed by atoms with Gasteiger partial charge in [0.05, 0.1) is 12.2 Å². The van der Waals surface area contributed by atoms with Gasteiger partial charge in [0, 0.05) is 24.4 Å². The van der Waals surface area contributed by atoms with Crippen molar-refractivity contribution >= 4 is 11.3 Å². The van der Waals surface area contributed by atoms with Gasteiger partial charge in [-0.25, -0.2) is 4.98 Å². The Hall–Kier alpha value is -1.27. The second-order valence-corrected chi connectivity index (χ2v) is 6.28. The minimum atomic E-state index is 0.123. The van der Waals surface area contributed by atoms with Gasteiger partial charge in [-0.3, -0.25) is 0 Å². The summed E-state index contributed by atoms with van der Waals surface area (Å²) in [5.74, 6) is 0.933. The van der Waals surface area contributed by atoms with E-state index in [-0.39, 0.29) is 5.41 Å². The highest BCUT2D eigenvalue weighted by atomic mass is 32.1. The highest BCUT2D eigenvalue weighted by Crippen LogP contribution is 2.23. The molecule has 0 aliphatic carbocycles. The van der Waals surface area contributed by atoms with E-state index in [9.17, 15) is 0 Å². The molecule has 2 aromatic heterocycles. The SMILES string of the molecule is Cn1cnnc1CNCc1nc(C(C)(C)C)cs1. The third-order valence-electron chi connectivity index (χ3n) is 2.68. The molecular weight excluding hydrogens is 246 g/mol. The fourth-order valence-corrected chi connectivity index (χ4v) is 2.48. The van der Waals surface area contributed by atoms with Crippen LogP contribution in [0.2, 0.25) is 0 Å². The summed E-state index contributed by atoms with van der Waals surface area (Å²) in [6.45, 7) is 8.02. The zero-order valence-corrected chi connectivity index (χ0v) is 12.1. The largest absolute Gasteiger partial charge is 0.320 e. The molecule has 0 aliphatic rings. The van der Waals surface area contributed by atoms with Crippen LogP contribution in [0.25, 0.3) is 0 Å². The van der Waals surface area contributed by atoms with E-state index in [1.807, 2.05) is 11.6 Å². The van der Waals surface area contributed by atoms with Crippen molar-refractivity contribution in [2.45, 2.75) is 39.3 Å². The smallest absolute Gasteiger partial charge is 0.146 e. The Kier molecular flexibility index (Phi) is 3.77. The quantitative estimate of drug-likeness (QED) is 0.916. The van der Waals surface area contributed by atoms with E-state index >= 15 is 0 Å². The van der Waals surface area contributed by atoms with Crippen LogP contribution in [0.15, 0.2) is 11.7 Å². The van der Waals surface area contributed by atoms with Crippen LogP contribution in [-0.4, -0.2) is 19.7 Å². The summed E-state index contributed by atoms with van der Waals surface area (Å²) in [4.78, 5) is 4.64. The van der Waals surface area contributed by atoms with Crippen molar-refractivity contribution in [1.82, 2.24) is 25.1 Å². The summed E-state index contributed by atoms with van der Waals surface area (Å²) in [5.41, 5.74) is 1.28. The number of rotatable bonds is 4. The van der Waals surface area contributed by atoms with Crippen molar-refractivity contribution in [3.05, 3.63) is 28.2 Å². The van der Waals surface area contributed by atoms with Crippen LogP contribution in [-0.2, 0) is 25.6 Å². The molecule has 0 amide bonds. The molecule has 0 bridgehead atoms. The van der Waals surface area contributed by atoms with E-state index in [0.29, 0.717) is 6.54 Å². The molecule has 0 unspecified atom stereocenters. The predicted molar refractivity (Wildman–Crippen MR) is 72.4 cm³/mol. The maximum absolute atomic E-state index is 4.64. The summed E-state index contributed by atoms with van der Waals surface area (Å²) in [5, 5.41) is 14.5. The van der Waals surface area contributed by atoms with Gasteiger partial charge in [0.25, 0.3) is 0 Å². The van der Waals surface area contributed by atoms with Crippen LogP contribution >= 0.6 is 11.3 Å². The van der Waals surface area contributed by atoms with Gasteiger partial charge >= 0.3 is 0 Å². The van der Waals surface area contributed by atoms with Gasteiger partial charge in [0.15, 0.2) is 0 Å². The van der Waals surface area contributed by atoms with Gasteiger partial charge in [0.1, 0.15) is 17.2 Å². The lowest BCUT2D eigenvalue weighted by Gasteiger charge is -2.14. The van der Waals surface area contributed by atoms with E-state index in [4.69, 9.17) is 0 Å². The van der Waals surface area contributed by atoms with Crippen molar-refractivity contribution in [3.63, 3.8) is 0 Å². The van der Waals surface area contributed by atoms with Crippen LogP contribution in [0.3, 0.4) is 0 Å². The second-order valence-electron chi connectivity index (χ2n) is 5.34. The molecule has 0 saturated heterocycles. The van der Waals surface area contributed by atoms with Crippen molar-refractivity contribution in [2.24, 2.45) is 7.05 Å². The molecule has 2 rings (SSSR count). The van der Waals surface area contributed by atoms with Gasteiger partial charge in [-0.05, 0) is 0 Å². The first kappa shape index (κ1) is 13.2. The Balaban J connectivity index is 1.88. The molecule has 0 fully saturated rings. The zero-order valence-electron chi connectivity index (χ0n) is 11.3. The standard InChI is InChI=1S/C12H19N5S/c1-12(2,3)9-7-18-11(15-9)6-13-5-10-16-14-8-17(10)4/h7-8,13H,5-6H2,1-4H3. The maximum atomic E-state index is 4.64. The minimum absolute atomic E-state index is 0.123. The second kappa shape index (κ2) is 5.16. The maximum Gasteiger partial charge on any atom is 0.146 e. The van der Waals surface area contributed by atoms with E-state index < -0.39 is 0 Å². The van der Waals surface area contributed by atoms with Crippen LogP contribution in [0, 0.1) is 0 Å². The number of nitrogens with one attached hydrogen (secondary N) is 1. The van der Waals surface area contributed by atoms with E-state index in [2.05, 4.69) is 46.6 Å². The normalized spacial score (nSPS) is 12.0. The average Bonchev–Trinajstić information content (AvgIpc) is 2.88. The van der Waals surface area contributed by atoms with Gasteiger partial charge in [-0.15, -0.1) is 21.5 Å². The average molecular weight is 265 g/mol. The lowest BCUT2D eigenvalue weighted by atomic mass is 9.93. The topological polar surface area (TPSA) is 55.6 Å². The third kappa shape index (κ3) is 3.14. The van der Waals surface area contributed by atoms with Crippen LogP contribution in [0.5, 0.6) is 0 Å². The van der Waals surface area contributed by atoms with Crippen LogP contribution < -0.4 is 5.32 Å². The first-order valence-electron chi connectivity index (χ1n) is 5.95. The lowest BCUT2D eigenvalue weighted by molar-refractivity contribution is 0.566. The van der Waals surface area contributed by atoms with Crippen molar-refractivity contribution in [2.75, 3.05) is 0 Å². The molecule has 2 heterocycles. The number of thiazole rings is 1. The van der Waals surface area contributed by atoms with Gasteiger partial charge in [-0.2, -0.15) is 0 Å². The molecule has 0 aromatic carbocycles. The zero-order chi connectivity index (χ0) is 13.2. The molecule has 1 N–H and O–H groups in total. The van der Waals surface area contributed by atoms with E-state index in [0.717, 1.165) is 23.1 Å². The molecule has 18 heavy (non-hydrogen) atoms. The van der Waals surface area contributed by atoms with E-state index in [1.165, 1.54) is 0 Å². The highest BCUT2D eigenvalue weighted by Gasteiger charge is 2.17. The minimum Gasteiger partial charge on any atom is -0.320 e. The Labute approximate surface area is 111 Å². The van der Waals surface area contributed by atoms with Crippen LogP contribution in [0.1, 0.15) is 37.3 Å². The first-order chi connectivity index (χ1) is 8.47. The lowest BCUT2D eigenvalue weighted by Crippen LogP contribution is -2.16. The Morgan fingerprint density at radius 1 is 1.33 bits per heavy atom. The fourth-order valence-electron chi connectivity index (χ4n) is 1.48. The number of hydrogen-bond acceptors (Lipinski definition) is 5. The van der Waals surface area contributed by atoms with Gasteiger partial charge in [-0.1, -0.05) is 20.8 Å². The predicted octanol–water partition coefficient (Wildman–Crippen LogP) is 1.86.